The van der Waals surface area contributed by atoms with Crippen LogP contribution in [0.1, 0.15) is 33.6 Å². The van der Waals surface area contributed by atoms with Gasteiger partial charge in [0.2, 0.25) is 0 Å². The molecule has 0 aromatic rings. The fourth-order valence-corrected chi connectivity index (χ4v) is 2.90. The number of hydrogen-bond donors (Lipinski definition) is 0. The van der Waals surface area contributed by atoms with Gasteiger partial charge < -0.3 is 4.74 Å². The van der Waals surface area contributed by atoms with Gasteiger partial charge >= 0.3 is 0 Å². The lowest BCUT2D eigenvalue weighted by Crippen LogP contribution is -2.27. The Morgan fingerprint density at radius 3 is 2.54 bits per heavy atom. The van der Waals surface area contributed by atoms with Crippen LogP contribution in [0.5, 0.6) is 0 Å². The van der Waals surface area contributed by atoms with E-state index in [0.717, 1.165) is 6.61 Å². The first-order valence-electron chi connectivity index (χ1n) is 4.95. The van der Waals surface area contributed by atoms with Crippen molar-refractivity contribution in [1.29, 1.82) is 0 Å². The summed E-state index contributed by atoms with van der Waals surface area (Å²) in [4.78, 5) is 0. The molecule has 2 heteroatoms. The number of hydrogen-bond acceptors (Lipinski definition) is 2. The largest absolute Gasteiger partial charge is 0.501 e. The maximum Gasteiger partial charge on any atom is 0.0927 e. The van der Waals surface area contributed by atoms with Crippen molar-refractivity contribution in [2.75, 3.05) is 18.1 Å². The predicted octanol–water partition coefficient (Wildman–Crippen LogP) is 3.46. The summed E-state index contributed by atoms with van der Waals surface area (Å²) >= 11 is 2.07. The van der Waals surface area contributed by atoms with Crippen LogP contribution in [-0.4, -0.2) is 18.1 Å². The van der Waals surface area contributed by atoms with Crippen LogP contribution in [0.3, 0.4) is 0 Å². The standard InChI is InChI=1S/C11H20OS/c1-10(2)8-12-9-11(3)4-6-13-7-5-11/h8H,4-7,9H2,1-3H3. The number of rotatable bonds is 3. The molecule has 0 radical (unpaired) electrons. The Morgan fingerprint density at radius 1 is 1.38 bits per heavy atom. The predicted molar refractivity (Wildman–Crippen MR) is 60.0 cm³/mol. The van der Waals surface area contributed by atoms with E-state index in [-0.39, 0.29) is 0 Å². The zero-order chi connectivity index (χ0) is 9.73. The highest BCUT2D eigenvalue weighted by atomic mass is 32.2. The molecule has 1 rings (SSSR count). The van der Waals surface area contributed by atoms with E-state index >= 15 is 0 Å². The quantitative estimate of drug-likeness (QED) is 0.645. The zero-order valence-electron chi connectivity index (χ0n) is 8.93. The summed E-state index contributed by atoms with van der Waals surface area (Å²) in [5.74, 6) is 2.60. The molecule has 0 atom stereocenters. The van der Waals surface area contributed by atoms with Crippen LogP contribution in [-0.2, 0) is 4.74 Å². The van der Waals surface area contributed by atoms with E-state index in [0.29, 0.717) is 5.41 Å². The SMILES string of the molecule is CC(C)=COCC1(C)CCSCC1. The van der Waals surface area contributed by atoms with E-state index in [1.165, 1.54) is 29.9 Å². The minimum absolute atomic E-state index is 0.428. The van der Waals surface area contributed by atoms with Gasteiger partial charge in [0.05, 0.1) is 12.9 Å². The van der Waals surface area contributed by atoms with Crippen molar-refractivity contribution in [2.45, 2.75) is 33.6 Å². The third-order valence-electron chi connectivity index (χ3n) is 2.45. The molecule has 0 bridgehead atoms. The normalized spacial score (nSPS) is 20.8. The van der Waals surface area contributed by atoms with Crippen LogP contribution in [0, 0.1) is 5.41 Å². The van der Waals surface area contributed by atoms with Crippen LogP contribution in [0.4, 0.5) is 0 Å². The fraction of sp³-hybridized carbons (Fsp3) is 0.818. The number of ether oxygens (including phenoxy) is 1. The summed E-state index contributed by atoms with van der Waals surface area (Å²) in [6, 6.07) is 0. The van der Waals surface area contributed by atoms with Crippen LogP contribution >= 0.6 is 11.8 Å². The van der Waals surface area contributed by atoms with Crippen molar-refractivity contribution in [3.05, 3.63) is 11.8 Å². The summed E-state index contributed by atoms with van der Waals surface area (Å²) in [6.45, 7) is 7.36. The molecule has 0 spiro atoms. The molecule has 1 fully saturated rings. The van der Waals surface area contributed by atoms with Crippen LogP contribution in [0.15, 0.2) is 11.8 Å². The Balaban J connectivity index is 2.29. The summed E-state index contributed by atoms with van der Waals surface area (Å²) in [5, 5.41) is 0. The molecule has 0 aromatic heterocycles. The van der Waals surface area contributed by atoms with E-state index < -0.39 is 0 Å². The molecule has 0 saturated carbocycles. The van der Waals surface area contributed by atoms with Gasteiger partial charge in [0.25, 0.3) is 0 Å². The first kappa shape index (κ1) is 11.0. The molecule has 1 nitrogen and oxygen atoms in total. The van der Waals surface area contributed by atoms with Gasteiger partial charge in [0, 0.05) is 5.41 Å². The van der Waals surface area contributed by atoms with Crippen molar-refractivity contribution in [3.8, 4) is 0 Å². The fourth-order valence-electron chi connectivity index (χ4n) is 1.42. The smallest absolute Gasteiger partial charge is 0.0927 e. The summed E-state index contributed by atoms with van der Waals surface area (Å²) in [7, 11) is 0. The molecule has 0 aliphatic carbocycles. The highest BCUT2D eigenvalue weighted by Crippen LogP contribution is 2.34. The van der Waals surface area contributed by atoms with Crippen molar-refractivity contribution in [2.24, 2.45) is 5.41 Å². The Bertz CT molecular complexity index is 177. The van der Waals surface area contributed by atoms with E-state index in [2.05, 4.69) is 32.5 Å². The molecule has 0 N–H and O–H groups in total. The Morgan fingerprint density at radius 2 is 2.00 bits per heavy atom. The average molecular weight is 200 g/mol. The van der Waals surface area contributed by atoms with Crippen LogP contribution < -0.4 is 0 Å². The lowest BCUT2D eigenvalue weighted by atomic mass is 9.85. The maximum atomic E-state index is 5.57. The van der Waals surface area contributed by atoms with E-state index in [9.17, 15) is 0 Å². The van der Waals surface area contributed by atoms with Gasteiger partial charge in [-0.15, -0.1) is 0 Å². The minimum Gasteiger partial charge on any atom is -0.501 e. The molecule has 0 unspecified atom stereocenters. The second-order valence-electron chi connectivity index (χ2n) is 4.43. The molecule has 1 aliphatic heterocycles. The van der Waals surface area contributed by atoms with E-state index in [1.54, 1.807) is 0 Å². The Labute approximate surface area is 85.9 Å². The van der Waals surface area contributed by atoms with Crippen molar-refractivity contribution >= 4 is 11.8 Å². The minimum atomic E-state index is 0.428. The number of thioether (sulfide) groups is 1. The second-order valence-corrected chi connectivity index (χ2v) is 5.65. The van der Waals surface area contributed by atoms with Crippen molar-refractivity contribution < 1.29 is 4.74 Å². The van der Waals surface area contributed by atoms with Gasteiger partial charge in [0.1, 0.15) is 0 Å². The summed E-state index contributed by atoms with van der Waals surface area (Å²) in [5.41, 5.74) is 1.67. The average Bonchev–Trinajstić information content (AvgIpc) is 2.04. The van der Waals surface area contributed by atoms with Gasteiger partial charge in [-0.1, -0.05) is 6.92 Å². The van der Waals surface area contributed by atoms with Gasteiger partial charge in [-0.2, -0.15) is 11.8 Å². The lowest BCUT2D eigenvalue weighted by molar-refractivity contribution is 0.113. The second kappa shape index (κ2) is 4.94. The Kier molecular flexibility index (Phi) is 4.17. The van der Waals surface area contributed by atoms with Gasteiger partial charge in [-0.25, -0.2) is 0 Å². The van der Waals surface area contributed by atoms with Crippen LogP contribution in [0.25, 0.3) is 0 Å². The maximum absolute atomic E-state index is 5.57. The zero-order valence-corrected chi connectivity index (χ0v) is 9.75. The monoisotopic (exact) mass is 200 g/mol. The molecule has 76 valence electrons. The van der Waals surface area contributed by atoms with Gasteiger partial charge in [0.15, 0.2) is 0 Å². The summed E-state index contributed by atoms with van der Waals surface area (Å²) in [6.07, 6.45) is 4.48. The topological polar surface area (TPSA) is 9.23 Å². The molecule has 0 amide bonds. The molecule has 0 aromatic carbocycles. The molecule has 1 heterocycles. The van der Waals surface area contributed by atoms with E-state index in [4.69, 9.17) is 4.74 Å². The molecular formula is C11H20OS. The first-order valence-corrected chi connectivity index (χ1v) is 6.11. The molecule has 1 saturated heterocycles. The van der Waals surface area contributed by atoms with Crippen molar-refractivity contribution in [3.63, 3.8) is 0 Å². The van der Waals surface area contributed by atoms with Crippen LogP contribution in [0.2, 0.25) is 0 Å². The summed E-state index contributed by atoms with van der Waals surface area (Å²) < 4.78 is 5.57. The van der Waals surface area contributed by atoms with Gasteiger partial charge in [-0.05, 0) is 43.8 Å². The van der Waals surface area contributed by atoms with E-state index in [1.807, 2.05) is 6.26 Å². The molecule has 1 aliphatic rings. The Hall–Kier alpha value is -0.110. The lowest BCUT2D eigenvalue weighted by Gasteiger charge is -2.32. The molecule has 13 heavy (non-hydrogen) atoms. The number of allylic oxidation sites excluding steroid dienone is 1. The molecular weight excluding hydrogens is 180 g/mol. The first-order chi connectivity index (χ1) is 6.12. The highest BCUT2D eigenvalue weighted by molar-refractivity contribution is 7.99. The third kappa shape index (κ3) is 4.08. The highest BCUT2D eigenvalue weighted by Gasteiger charge is 2.27. The third-order valence-corrected chi connectivity index (χ3v) is 3.44. The van der Waals surface area contributed by atoms with Crippen molar-refractivity contribution in [1.82, 2.24) is 0 Å². The van der Waals surface area contributed by atoms with Gasteiger partial charge in [-0.3, -0.25) is 0 Å².